The minimum absolute atomic E-state index is 0.176. The van der Waals surface area contributed by atoms with Gasteiger partial charge in [0.15, 0.2) is 5.92 Å². The van der Waals surface area contributed by atoms with Gasteiger partial charge in [-0.05, 0) is 13.3 Å². The van der Waals surface area contributed by atoms with Gasteiger partial charge in [-0.1, -0.05) is 0 Å². The van der Waals surface area contributed by atoms with E-state index >= 15 is 0 Å². The summed E-state index contributed by atoms with van der Waals surface area (Å²) in [6.07, 6.45) is 5.31. The van der Waals surface area contributed by atoms with Crippen LogP contribution >= 0.6 is 0 Å². The molecule has 6 heteroatoms. The Morgan fingerprint density at radius 3 is 2.48 bits per heavy atom. The molecular formula is C15H21N4O2+. The monoisotopic (exact) mass is 289 g/mol. The zero-order valence-electron chi connectivity index (χ0n) is 12.8. The van der Waals surface area contributed by atoms with Crippen LogP contribution < -0.4 is 0 Å². The average molecular weight is 289 g/mol. The summed E-state index contributed by atoms with van der Waals surface area (Å²) < 4.78 is 2.30. The molecule has 3 heterocycles. The van der Waals surface area contributed by atoms with Gasteiger partial charge in [0.25, 0.3) is 5.91 Å². The van der Waals surface area contributed by atoms with E-state index < -0.39 is 5.92 Å². The van der Waals surface area contributed by atoms with E-state index in [1.807, 2.05) is 6.92 Å². The van der Waals surface area contributed by atoms with Crippen molar-refractivity contribution in [2.45, 2.75) is 26.2 Å². The van der Waals surface area contributed by atoms with E-state index in [2.05, 4.69) is 9.57 Å². The van der Waals surface area contributed by atoms with Crippen LogP contribution in [0.25, 0.3) is 0 Å². The van der Waals surface area contributed by atoms with Crippen molar-refractivity contribution in [3.05, 3.63) is 11.8 Å². The SMILES string of the molecule is CC1=CN=C2C(C(=O)N(C)C(=O)N2C)C1=[N+]1CCCCC1. The maximum atomic E-state index is 12.6. The van der Waals surface area contributed by atoms with Gasteiger partial charge in [-0.15, -0.1) is 0 Å². The Hall–Kier alpha value is -1.98. The maximum Gasteiger partial charge on any atom is 0.331 e. The summed E-state index contributed by atoms with van der Waals surface area (Å²) in [4.78, 5) is 31.7. The molecule has 112 valence electrons. The number of hydrogen-bond acceptors (Lipinski definition) is 3. The maximum absolute atomic E-state index is 12.6. The van der Waals surface area contributed by atoms with Gasteiger partial charge in [0.1, 0.15) is 18.9 Å². The van der Waals surface area contributed by atoms with Gasteiger partial charge < -0.3 is 0 Å². The fraction of sp³-hybridized carbons (Fsp3) is 0.600. The summed E-state index contributed by atoms with van der Waals surface area (Å²) in [5.74, 6) is -0.0695. The molecule has 21 heavy (non-hydrogen) atoms. The topological polar surface area (TPSA) is 56.0 Å². The van der Waals surface area contributed by atoms with Gasteiger partial charge >= 0.3 is 6.03 Å². The van der Waals surface area contributed by atoms with Gasteiger partial charge in [-0.25, -0.2) is 14.4 Å². The first-order chi connectivity index (χ1) is 10.0. The lowest BCUT2D eigenvalue weighted by Gasteiger charge is -2.36. The fourth-order valence-corrected chi connectivity index (χ4v) is 3.34. The van der Waals surface area contributed by atoms with Crippen molar-refractivity contribution in [1.82, 2.24) is 9.80 Å². The predicted octanol–water partition coefficient (Wildman–Crippen LogP) is 1.08. The first kappa shape index (κ1) is 14.0. The van der Waals surface area contributed by atoms with E-state index in [1.165, 1.54) is 16.2 Å². The van der Waals surface area contributed by atoms with Gasteiger partial charge in [0.2, 0.25) is 5.71 Å². The number of rotatable bonds is 0. The molecule has 0 aromatic heterocycles. The number of nitrogens with zero attached hydrogens (tertiary/aromatic N) is 4. The lowest BCUT2D eigenvalue weighted by atomic mass is 9.90. The number of fused-ring (bicyclic) bond motifs is 1. The molecule has 0 N–H and O–H groups in total. The summed E-state index contributed by atoms with van der Waals surface area (Å²) in [5, 5.41) is 0. The Labute approximate surface area is 124 Å². The molecule has 3 aliphatic heterocycles. The molecular weight excluding hydrogens is 268 g/mol. The van der Waals surface area contributed by atoms with Crippen molar-refractivity contribution in [2.24, 2.45) is 10.9 Å². The Morgan fingerprint density at radius 2 is 1.81 bits per heavy atom. The van der Waals surface area contributed by atoms with Crippen molar-refractivity contribution in [2.75, 3.05) is 27.2 Å². The smallest absolute Gasteiger partial charge is 0.284 e. The number of imide groups is 1. The normalized spacial score (nSPS) is 26.7. The van der Waals surface area contributed by atoms with Crippen LogP contribution in [-0.4, -0.2) is 65.0 Å². The van der Waals surface area contributed by atoms with Gasteiger partial charge in [0, 0.05) is 38.7 Å². The zero-order chi connectivity index (χ0) is 15.1. The van der Waals surface area contributed by atoms with Crippen LogP contribution in [0.5, 0.6) is 0 Å². The zero-order valence-corrected chi connectivity index (χ0v) is 12.8. The minimum Gasteiger partial charge on any atom is -0.284 e. The van der Waals surface area contributed by atoms with Crippen LogP contribution in [0.4, 0.5) is 4.79 Å². The van der Waals surface area contributed by atoms with E-state index in [-0.39, 0.29) is 11.9 Å². The molecule has 0 aromatic rings. The summed E-state index contributed by atoms with van der Waals surface area (Å²) in [6, 6.07) is -0.319. The third-order valence-electron chi connectivity index (χ3n) is 4.52. The number of piperidine rings is 1. The number of carbonyl (C=O) groups is 2. The van der Waals surface area contributed by atoms with E-state index in [0.29, 0.717) is 5.84 Å². The molecule has 0 radical (unpaired) electrons. The van der Waals surface area contributed by atoms with Crippen LogP contribution in [0.15, 0.2) is 16.8 Å². The van der Waals surface area contributed by atoms with Crippen LogP contribution in [0.1, 0.15) is 26.2 Å². The molecule has 1 atom stereocenters. The number of allylic oxidation sites excluding steroid dienone is 1. The number of urea groups is 1. The van der Waals surface area contributed by atoms with E-state index in [4.69, 9.17) is 0 Å². The molecule has 0 aliphatic carbocycles. The lowest BCUT2D eigenvalue weighted by Crippen LogP contribution is -2.60. The molecule has 0 spiro atoms. The summed E-state index contributed by atoms with van der Waals surface area (Å²) in [6.45, 7) is 3.94. The number of amides is 3. The Balaban J connectivity index is 2.11. The van der Waals surface area contributed by atoms with Gasteiger partial charge in [0.05, 0.1) is 0 Å². The molecule has 2 fully saturated rings. The van der Waals surface area contributed by atoms with E-state index in [0.717, 1.165) is 37.2 Å². The summed E-state index contributed by atoms with van der Waals surface area (Å²) >= 11 is 0. The minimum atomic E-state index is -0.444. The highest BCUT2D eigenvalue weighted by Gasteiger charge is 2.48. The van der Waals surface area contributed by atoms with Crippen molar-refractivity contribution >= 4 is 23.5 Å². The Bertz CT molecular complexity index is 595. The second kappa shape index (κ2) is 5.09. The van der Waals surface area contributed by atoms with Crippen molar-refractivity contribution < 1.29 is 14.2 Å². The van der Waals surface area contributed by atoms with Crippen molar-refractivity contribution in [3.63, 3.8) is 0 Å². The number of aliphatic imine (C=N–C) groups is 1. The van der Waals surface area contributed by atoms with Crippen LogP contribution in [-0.2, 0) is 4.79 Å². The van der Waals surface area contributed by atoms with Gasteiger partial charge in [-0.2, -0.15) is 0 Å². The van der Waals surface area contributed by atoms with E-state index in [1.54, 1.807) is 20.3 Å². The predicted molar refractivity (Wildman–Crippen MR) is 79.5 cm³/mol. The molecule has 2 saturated heterocycles. The first-order valence-electron chi connectivity index (χ1n) is 7.44. The largest absolute Gasteiger partial charge is 0.331 e. The Kier molecular flexibility index (Phi) is 3.39. The van der Waals surface area contributed by atoms with Gasteiger partial charge in [-0.3, -0.25) is 14.6 Å². The lowest BCUT2D eigenvalue weighted by molar-refractivity contribution is -0.538. The molecule has 3 rings (SSSR count). The third-order valence-corrected chi connectivity index (χ3v) is 4.52. The highest BCUT2D eigenvalue weighted by Crippen LogP contribution is 2.26. The highest BCUT2D eigenvalue weighted by atomic mass is 16.2. The average Bonchev–Trinajstić information content (AvgIpc) is 2.51. The second-order valence-corrected chi connectivity index (χ2v) is 5.90. The van der Waals surface area contributed by atoms with Crippen LogP contribution in [0.3, 0.4) is 0 Å². The Morgan fingerprint density at radius 1 is 1.14 bits per heavy atom. The van der Waals surface area contributed by atoms with Crippen molar-refractivity contribution in [3.8, 4) is 0 Å². The highest BCUT2D eigenvalue weighted by molar-refractivity contribution is 6.31. The quantitative estimate of drug-likeness (QED) is 0.627. The molecule has 0 aromatic carbocycles. The third kappa shape index (κ3) is 2.09. The number of amidine groups is 1. The first-order valence-corrected chi connectivity index (χ1v) is 7.44. The fourth-order valence-electron chi connectivity index (χ4n) is 3.34. The summed E-state index contributed by atoms with van der Waals surface area (Å²) in [7, 11) is 3.22. The molecule has 3 aliphatic rings. The summed E-state index contributed by atoms with van der Waals surface area (Å²) in [5.41, 5.74) is 2.05. The molecule has 1 unspecified atom stereocenters. The number of hydrogen-bond donors (Lipinski definition) is 0. The second-order valence-electron chi connectivity index (χ2n) is 5.90. The van der Waals surface area contributed by atoms with Crippen LogP contribution in [0.2, 0.25) is 0 Å². The molecule has 0 bridgehead atoms. The van der Waals surface area contributed by atoms with E-state index in [9.17, 15) is 9.59 Å². The molecule has 0 saturated carbocycles. The molecule has 6 nitrogen and oxygen atoms in total. The van der Waals surface area contributed by atoms with Crippen LogP contribution in [0, 0.1) is 5.92 Å². The molecule has 3 amide bonds. The van der Waals surface area contributed by atoms with Crippen molar-refractivity contribution in [1.29, 1.82) is 0 Å². The standard InChI is InChI=1S/C15H21N4O2/c1-10-9-16-13-11(12(10)19-7-5-4-6-8-19)14(20)18(3)15(21)17(13)2/h9,11H,4-8H2,1-3H3/q+1. The number of carbonyl (C=O) groups excluding carboxylic acids is 2.